The minimum absolute atomic E-state index is 0.0732. The number of nitrogens with zero attached hydrogens (tertiary/aromatic N) is 2. The van der Waals surface area contributed by atoms with E-state index in [2.05, 4.69) is 10.3 Å². The zero-order valence-electron chi connectivity index (χ0n) is 13.6. The second-order valence-electron chi connectivity index (χ2n) is 6.10. The standard InChI is InChI=1S/C18H17N3O3S/c1-24-13-6-4-12(5-7-13)16(11-2-3-11)20-17(23)14-10-15(22)19-18-21(14)8-9-25-18/h4-11,16H,2-3H2,1H3,(H,20,23). The fourth-order valence-electron chi connectivity index (χ4n) is 2.95. The molecule has 4 rings (SSSR count). The highest BCUT2D eigenvalue weighted by Crippen LogP contribution is 2.41. The molecule has 0 bridgehead atoms. The molecule has 7 heteroatoms. The highest BCUT2D eigenvalue weighted by atomic mass is 32.1. The van der Waals surface area contributed by atoms with Gasteiger partial charge in [-0.1, -0.05) is 12.1 Å². The van der Waals surface area contributed by atoms with Gasteiger partial charge in [0.05, 0.1) is 13.2 Å². The van der Waals surface area contributed by atoms with Crippen LogP contribution in [0.3, 0.4) is 0 Å². The molecule has 0 aliphatic heterocycles. The van der Waals surface area contributed by atoms with Gasteiger partial charge in [-0.3, -0.25) is 14.0 Å². The van der Waals surface area contributed by atoms with Gasteiger partial charge >= 0.3 is 0 Å². The smallest absolute Gasteiger partial charge is 0.274 e. The monoisotopic (exact) mass is 355 g/mol. The van der Waals surface area contributed by atoms with Crippen LogP contribution in [0.2, 0.25) is 0 Å². The van der Waals surface area contributed by atoms with Crippen LogP contribution in [0.25, 0.3) is 4.96 Å². The van der Waals surface area contributed by atoms with Gasteiger partial charge in [-0.15, -0.1) is 11.3 Å². The first-order chi connectivity index (χ1) is 12.2. The van der Waals surface area contributed by atoms with Gasteiger partial charge in [0.25, 0.3) is 11.5 Å². The van der Waals surface area contributed by atoms with Crippen LogP contribution >= 0.6 is 11.3 Å². The number of methoxy groups -OCH3 is 1. The number of hydrogen-bond donors (Lipinski definition) is 1. The van der Waals surface area contributed by atoms with Crippen LogP contribution < -0.4 is 15.6 Å². The summed E-state index contributed by atoms with van der Waals surface area (Å²) >= 11 is 1.33. The summed E-state index contributed by atoms with van der Waals surface area (Å²) in [7, 11) is 1.63. The molecule has 1 saturated carbocycles. The fourth-order valence-corrected chi connectivity index (χ4v) is 3.67. The first kappa shape index (κ1) is 15.8. The second kappa shape index (κ2) is 6.33. The number of rotatable bonds is 5. The third-order valence-electron chi connectivity index (χ3n) is 4.40. The Labute approximate surface area is 148 Å². The number of carbonyl (C=O) groups is 1. The van der Waals surface area contributed by atoms with Crippen molar-refractivity contribution in [2.24, 2.45) is 5.92 Å². The molecule has 25 heavy (non-hydrogen) atoms. The van der Waals surface area contributed by atoms with Gasteiger partial charge < -0.3 is 10.1 Å². The summed E-state index contributed by atoms with van der Waals surface area (Å²) < 4.78 is 6.85. The number of carbonyl (C=O) groups excluding carboxylic acids is 1. The van der Waals surface area contributed by atoms with Crippen LogP contribution in [0.4, 0.5) is 0 Å². The largest absolute Gasteiger partial charge is 0.497 e. The zero-order valence-corrected chi connectivity index (χ0v) is 14.5. The molecule has 1 aliphatic rings. The van der Waals surface area contributed by atoms with Crippen molar-refractivity contribution in [3.8, 4) is 5.75 Å². The topological polar surface area (TPSA) is 72.7 Å². The van der Waals surface area contributed by atoms with E-state index in [1.54, 1.807) is 23.1 Å². The van der Waals surface area contributed by atoms with E-state index >= 15 is 0 Å². The van der Waals surface area contributed by atoms with Crippen molar-refractivity contribution in [1.29, 1.82) is 0 Å². The summed E-state index contributed by atoms with van der Waals surface area (Å²) in [5.41, 5.74) is 0.954. The van der Waals surface area contributed by atoms with Crippen LogP contribution in [-0.4, -0.2) is 22.4 Å². The SMILES string of the molecule is COc1ccc(C(NC(=O)c2cc(=O)nc3sccn23)C2CC2)cc1. The molecule has 0 saturated heterocycles. The van der Waals surface area contributed by atoms with Crippen molar-refractivity contribution in [3.63, 3.8) is 0 Å². The maximum absolute atomic E-state index is 12.8. The van der Waals surface area contributed by atoms with Gasteiger partial charge in [0.2, 0.25) is 0 Å². The van der Waals surface area contributed by atoms with Crippen molar-refractivity contribution < 1.29 is 9.53 Å². The summed E-state index contributed by atoms with van der Waals surface area (Å²) in [4.78, 5) is 29.0. The Hall–Kier alpha value is -2.67. The molecule has 6 nitrogen and oxygen atoms in total. The maximum atomic E-state index is 12.8. The summed E-state index contributed by atoms with van der Waals surface area (Å²) in [6.45, 7) is 0. The number of nitrogens with one attached hydrogen (secondary N) is 1. The van der Waals surface area contributed by atoms with E-state index in [-0.39, 0.29) is 11.9 Å². The zero-order chi connectivity index (χ0) is 17.4. The van der Waals surface area contributed by atoms with Gasteiger partial charge in [-0.2, -0.15) is 4.98 Å². The van der Waals surface area contributed by atoms with Gasteiger partial charge in [-0.05, 0) is 36.5 Å². The van der Waals surface area contributed by atoms with Crippen molar-refractivity contribution in [2.45, 2.75) is 18.9 Å². The van der Waals surface area contributed by atoms with E-state index in [0.29, 0.717) is 16.6 Å². The lowest BCUT2D eigenvalue weighted by molar-refractivity contribution is 0.0925. The summed E-state index contributed by atoms with van der Waals surface area (Å²) in [5, 5.41) is 4.90. The lowest BCUT2D eigenvalue weighted by Gasteiger charge is -2.19. The van der Waals surface area contributed by atoms with E-state index in [9.17, 15) is 9.59 Å². The Bertz CT molecular complexity index is 973. The van der Waals surface area contributed by atoms with Crippen molar-refractivity contribution in [1.82, 2.24) is 14.7 Å². The molecule has 1 aliphatic carbocycles. The Morgan fingerprint density at radius 1 is 1.36 bits per heavy atom. The lowest BCUT2D eigenvalue weighted by Crippen LogP contribution is -2.32. The molecule has 3 aromatic rings. The van der Waals surface area contributed by atoms with Gasteiger partial charge in [0.1, 0.15) is 11.4 Å². The molecule has 2 heterocycles. The number of thiazole rings is 1. The highest BCUT2D eigenvalue weighted by molar-refractivity contribution is 7.15. The number of aromatic nitrogens is 2. The number of amides is 1. The second-order valence-corrected chi connectivity index (χ2v) is 6.97. The quantitative estimate of drug-likeness (QED) is 0.764. The van der Waals surface area contributed by atoms with Crippen LogP contribution in [0, 0.1) is 5.92 Å². The van der Waals surface area contributed by atoms with Crippen LogP contribution in [-0.2, 0) is 0 Å². The van der Waals surface area contributed by atoms with Crippen molar-refractivity contribution in [2.75, 3.05) is 7.11 Å². The van der Waals surface area contributed by atoms with E-state index in [0.717, 1.165) is 24.2 Å². The van der Waals surface area contributed by atoms with E-state index < -0.39 is 5.56 Å². The Morgan fingerprint density at radius 2 is 2.12 bits per heavy atom. The summed E-state index contributed by atoms with van der Waals surface area (Å²) in [6, 6.07) is 8.95. The van der Waals surface area contributed by atoms with Gasteiger partial charge in [0, 0.05) is 17.6 Å². The highest BCUT2D eigenvalue weighted by Gasteiger charge is 2.34. The van der Waals surface area contributed by atoms with E-state index in [4.69, 9.17) is 4.74 Å². The first-order valence-corrected chi connectivity index (χ1v) is 8.95. The minimum atomic E-state index is -0.403. The summed E-state index contributed by atoms with van der Waals surface area (Å²) in [6.07, 6.45) is 3.92. The van der Waals surface area contributed by atoms with Crippen LogP contribution in [0.15, 0.2) is 46.7 Å². The molecule has 1 atom stereocenters. The van der Waals surface area contributed by atoms with Crippen molar-refractivity contribution >= 4 is 22.2 Å². The molecule has 1 fully saturated rings. The predicted octanol–water partition coefficient (Wildman–Crippen LogP) is 2.65. The molecular formula is C18H17N3O3S. The minimum Gasteiger partial charge on any atom is -0.497 e. The number of fused-ring (bicyclic) bond motifs is 1. The molecule has 0 spiro atoms. The Balaban J connectivity index is 1.64. The Kier molecular flexibility index (Phi) is 4.01. The van der Waals surface area contributed by atoms with Crippen LogP contribution in [0.5, 0.6) is 5.75 Å². The van der Waals surface area contributed by atoms with Gasteiger partial charge in [0.15, 0.2) is 4.96 Å². The molecular weight excluding hydrogens is 338 g/mol. The summed E-state index contributed by atoms with van der Waals surface area (Å²) in [5.74, 6) is 0.944. The first-order valence-electron chi connectivity index (χ1n) is 8.07. The number of hydrogen-bond acceptors (Lipinski definition) is 5. The molecule has 1 unspecified atom stereocenters. The Morgan fingerprint density at radius 3 is 2.80 bits per heavy atom. The molecule has 1 aromatic carbocycles. The van der Waals surface area contributed by atoms with E-state index in [1.165, 1.54) is 17.4 Å². The van der Waals surface area contributed by atoms with E-state index in [1.807, 2.05) is 24.3 Å². The predicted molar refractivity (Wildman–Crippen MR) is 95.3 cm³/mol. The van der Waals surface area contributed by atoms with Gasteiger partial charge in [-0.25, -0.2) is 0 Å². The molecule has 1 N–H and O–H groups in total. The van der Waals surface area contributed by atoms with Crippen molar-refractivity contribution in [3.05, 3.63) is 63.5 Å². The molecule has 128 valence electrons. The average molecular weight is 355 g/mol. The molecule has 1 amide bonds. The third-order valence-corrected chi connectivity index (χ3v) is 5.16. The number of ether oxygens (including phenoxy) is 1. The van der Waals surface area contributed by atoms with Crippen LogP contribution in [0.1, 0.15) is 34.9 Å². The normalized spacial score (nSPS) is 15.1. The maximum Gasteiger partial charge on any atom is 0.274 e. The lowest BCUT2D eigenvalue weighted by atomic mass is 10.0. The fraction of sp³-hybridized carbons (Fsp3) is 0.278. The molecule has 2 aromatic heterocycles. The average Bonchev–Trinajstić information content (AvgIpc) is 3.36. The molecule has 0 radical (unpaired) electrons. The number of benzene rings is 1. The third kappa shape index (κ3) is 3.15.